The number of nitrogens with zero attached hydrogens (tertiary/aromatic N) is 1. The lowest BCUT2D eigenvalue weighted by atomic mass is 10.1. The third-order valence-electron chi connectivity index (χ3n) is 2.33. The van der Waals surface area contributed by atoms with Gasteiger partial charge < -0.3 is 14.6 Å². The van der Waals surface area contributed by atoms with Crippen molar-refractivity contribution in [1.29, 1.82) is 0 Å². The van der Waals surface area contributed by atoms with Gasteiger partial charge in [0, 0.05) is 6.07 Å². The van der Waals surface area contributed by atoms with Crippen molar-refractivity contribution in [2.24, 2.45) is 0 Å². The highest BCUT2D eigenvalue weighted by Crippen LogP contribution is 2.17. The second-order valence-corrected chi connectivity index (χ2v) is 3.60. The monoisotopic (exact) mass is 260 g/mol. The van der Waals surface area contributed by atoms with Crippen molar-refractivity contribution in [3.63, 3.8) is 0 Å². The lowest BCUT2D eigenvalue weighted by Gasteiger charge is -2.08. The first kappa shape index (κ1) is 12.8. The van der Waals surface area contributed by atoms with Gasteiger partial charge in [0.05, 0.1) is 24.1 Å². The Morgan fingerprint density at radius 1 is 1.32 bits per heavy atom. The Morgan fingerprint density at radius 2 is 2.11 bits per heavy atom. The van der Waals surface area contributed by atoms with E-state index in [-0.39, 0.29) is 17.9 Å². The van der Waals surface area contributed by atoms with Crippen LogP contribution in [-0.4, -0.2) is 23.6 Å². The van der Waals surface area contributed by atoms with Gasteiger partial charge in [-0.1, -0.05) is 17.3 Å². The minimum absolute atomic E-state index is 0.0682. The van der Waals surface area contributed by atoms with Crippen molar-refractivity contribution in [2.45, 2.75) is 6.92 Å². The summed E-state index contributed by atoms with van der Waals surface area (Å²) >= 11 is 0. The molecule has 6 heteroatoms. The Kier molecular flexibility index (Phi) is 3.92. The highest BCUT2D eigenvalue weighted by atomic mass is 16.5. The molecule has 0 radical (unpaired) electrons. The molecule has 1 heterocycles. The van der Waals surface area contributed by atoms with Gasteiger partial charge in [0.2, 0.25) is 5.76 Å². The predicted molar refractivity (Wildman–Crippen MR) is 66.9 cm³/mol. The molecule has 0 fully saturated rings. The molecular formula is C13H12N2O4. The highest BCUT2D eigenvalue weighted by molar-refractivity contribution is 6.06. The fraction of sp³-hybridized carbons (Fsp3) is 0.154. The average Bonchev–Trinajstić information content (AvgIpc) is 2.93. The number of aromatic nitrogens is 1. The summed E-state index contributed by atoms with van der Waals surface area (Å²) in [4.78, 5) is 23.5. The van der Waals surface area contributed by atoms with Crippen molar-refractivity contribution in [3.05, 3.63) is 47.9 Å². The fourth-order valence-electron chi connectivity index (χ4n) is 1.50. The van der Waals surface area contributed by atoms with Gasteiger partial charge in [0.15, 0.2) is 0 Å². The number of rotatable bonds is 4. The molecule has 1 amide bonds. The van der Waals surface area contributed by atoms with Crippen LogP contribution in [0.4, 0.5) is 5.69 Å². The van der Waals surface area contributed by atoms with Crippen molar-refractivity contribution in [2.75, 3.05) is 11.9 Å². The molecule has 0 spiro atoms. The molecule has 1 N–H and O–H groups in total. The normalized spacial score (nSPS) is 9.95. The van der Waals surface area contributed by atoms with Gasteiger partial charge >= 0.3 is 5.97 Å². The van der Waals surface area contributed by atoms with E-state index in [9.17, 15) is 9.59 Å². The molecule has 0 bridgehead atoms. The molecule has 1 aromatic heterocycles. The molecule has 19 heavy (non-hydrogen) atoms. The maximum absolute atomic E-state index is 11.8. The van der Waals surface area contributed by atoms with Crippen LogP contribution in [-0.2, 0) is 4.74 Å². The summed E-state index contributed by atoms with van der Waals surface area (Å²) in [6, 6.07) is 8.02. The van der Waals surface area contributed by atoms with E-state index in [4.69, 9.17) is 9.26 Å². The minimum atomic E-state index is -0.490. The van der Waals surface area contributed by atoms with Crippen molar-refractivity contribution in [3.8, 4) is 0 Å². The van der Waals surface area contributed by atoms with Crippen LogP contribution in [0, 0.1) is 0 Å². The Balaban J connectivity index is 2.21. The lowest BCUT2D eigenvalue weighted by molar-refractivity contribution is 0.0527. The first-order chi connectivity index (χ1) is 9.22. The number of amides is 1. The van der Waals surface area contributed by atoms with Crippen molar-refractivity contribution in [1.82, 2.24) is 5.16 Å². The van der Waals surface area contributed by atoms with E-state index < -0.39 is 11.9 Å². The van der Waals surface area contributed by atoms with Crippen LogP contribution in [0.1, 0.15) is 27.8 Å². The van der Waals surface area contributed by atoms with E-state index in [2.05, 4.69) is 10.5 Å². The number of carbonyl (C=O) groups is 2. The largest absolute Gasteiger partial charge is 0.462 e. The number of anilines is 1. The molecule has 6 nitrogen and oxygen atoms in total. The van der Waals surface area contributed by atoms with Gasteiger partial charge in [0.25, 0.3) is 5.91 Å². The number of ether oxygens (including phenoxy) is 1. The van der Waals surface area contributed by atoms with E-state index in [1.165, 1.54) is 12.3 Å². The number of benzene rings is 1. The molecule has 0 saturated carbocycles. The SMILES string of the molecule is CCOC(=O)c1ccccc1NC(=O)c1ccno1. The maximum atomic E-state index is 11.8. The number of hydrogen-bond acceptors (Lipinski definition) is 5. The van der Waals surface area contributed by atoms with Crippen LogP contribution in [0.15, 0.2) is 41.1 Å². The van der Waals surface area contributed by atoms with E-state index in [1.54, 1.807) is 31.2 Å². The molecule has 0 aliphatic rings. The number of para-hydroxylation sites is 1. The molecule has 0 saturated heterocycles. The van der Waals surface area contributed by atoms with Crippen LogP contribution < -0.4 is 5.32 Å². The van der Waals surface area contributed by atoms with Gasteiger partial charge in [-0.25, -0.2) is 4.79 Å². The third kappa shape index (κ3) is 2.98. The predicted octanol–water partition coefficient (Wildman–Crippen LogP) is 2.10. The maximum Gasteiger partial charge on any atom is 0.340 e. The smallest absolute Gasteiger partial charge is 0.340 e. The van der Waals surface area contributed by atoms with E-state index in [1.807, 2.05) is 0 Å². The summed E-state index contributed by atoms with van der Waals surface area (Å²) in [7, 11) is 0. The molecule has 0 aliphatic carbocycles. The molecule has 0 atom stereocenters. The number of carbonyl (C=O) groups excluding carboxylic acids is 2. The van der Waals surface area contributed by atoms with Gasteiger partial charge in [-0.15, -0.1) is 0 Å². The topological polar surface area (TPSA) is 81.4 Å². The quantitative estimate of drug-likeness (QED) is 0.851. The summed E-state index contributed by atoms with van der Waals surface area (Å²) in [6.45, 7) is 1.98. The van der Waals surface area contributed by atoms with Crippen molar-refractivity contribution < 1.29 is 18.8 Å². The number of hydrogen-bond donors (Lipinski definition) is 1. The molecule has 2 rings (SSSR count). The Labute approximate surface area is 109 Å². The highest BCUT2D eigenvalue weighted by Gasteiger charge is 2.16. The van der Waals surface area contributed by atoms with Gasteiger partial charge in [-0.2, -0.15) is 0 Å². The minimum Gasteiger partial charge on any atom is -0.462 e. The summed E-state index contributed by atoms with van der Waals surface area (Å²) < 4.78 is 9.65. The zero-order chi connectivity index (χ0) is 13.7. The van der Waals surface area contributed by atoms with Crippen LogP contribution >= 0.6 is 0 Å². The van der Waals surface area contributed by atoms with Crippen LogP contribution in [0.5, 0.6) is 0 Å². The van der Waals surface area contributed by atoms with Crippen LogP contribution in [0.3, 0.4) is 0 Å². The summed E-state index contributed by atoms with van der Waals surface area (Å²) in [6.07, 6.45) is 1.37. The Hall–Kier alpha value is -2.63. The number of nitrogens with one attached hydrogen (secondary N) is 1. The molecule has 98 valence electrons. The van der Waals surface area contributed by atoms with E-state index >= 15 is 0 Å². The summed E-state index contributed by atoms with van der Waals surface area (Å²) in [5.41, 5.74) is 0.652. The fourth-order valence-corrected chi connectivity index (χ4v) is 1.50. The lowest BCUT2D eigenvalue weighted by Crippen LogP contribution is -2.15. The van der Waals surface area contributed by atoms with Crippen molar-refractivity contribution >= 4 is 17.6 Å². The van der Waals surface area contributed by atoms with E-state index in [0.29, 0.717) is 5.69 Å². The Morgan fingerprint density at radius 3 is 2.79 bits per heavy atom. The first-order valence-corrected chi connectivity index (χ1v) is 5.70. The molecule has 1 aromatic carbocycles. The zero-order valence-corrected chi connectivity index (χ0v) is 10.3. The average molecular weight is 260 g/mol. The van der Waals surface area contributed by atoms with Gasteiger partial charge in [-0.05, 0) is 19.1 Å². The molecule has 0 unspecified atom stereocenters. The van der Waals surface area contributed by atoms with Gasteiger partial charge in [-0.3, -0.25) is 4.79 Å². The molecular weight excluding hydrogens is 248 g/mol. The second kappa shape index (κ2) is 5.81. The third-order valence-corrected chi connectivity index (χ3v) is 2.33. The number of esters is 1. The second-order valence-electron chi connectivity index (χ2n) is 3.60. The van der Waals surface area contributed by atoms with Crippen LogP contribution in [0.25, 0.3) is 0 Å². The molecule has 0 aliphatic heterocycles. The van der Waals surface area contributed by atoms with Gasteiger partial charge in [0.1, 0.15) is 0 Å². The Bertz CT molecular complexity index is 578. The summed E-state index contributed by atoms with van der Waals surface area (Å²) in [5.74, 6) is -0.899. The summed E-state index contributed by atoms with van der Waals surface area (Å²) in [5, 5.41) is 6.02. The standard InChI is InChI=1S/C13H12N2O4/c1-2-18-13(17)9-5-3-4-6-10(9)15-12(16)11-7-8-14-19-11/h3-8H,2H2,1H3,(H,15,16). The molecule has 2 aromatic rings. The van der Waals surface area contributed by atoms with E-state index in [0.717, 1.165) is 0 Å². The van der Waals surface area contributed by atoms with Crippen LogP contribution in [0.2, 0.25) is 0 Å². The first-order valence-electron chi connectivity index (χ1n) is 5.70. The zero-order valence-electron chi connectivity index (χ0n) is 10.3.